The smallest absolute Gasteiger partial charge is 0.333 e. The van der Waals surface area contributed by atoms with Crippen LogP contribution >= 0.6 is 0 Å². The highest BCUT2D eigenvalue weighted by molar-refractivity contribution is 5.05. The van der Waals surface area contributed by atoms with E-state index < -0.39 is 79.4 Å². The van der Waals surface area contributed by atoms with Gasteiger partial charge in [-0.15, -0.1) is 0 Å². The molecule has 0 aromatic rings. The monoisotopic (exact) mass is 568 g/mol. The van der Waals surface area contributed by atoms with Crippen molar-refractivity contribution in [1.82, 2.24) is 0 Å². The quantitative estimate of drug-likeness (QED) is 0.301. The molecule has 210 valence electrons. The zero-order valence-electron chi connectivity index (χ0n) is 16.2. The van der Waals surface area contributed by atoms with Gasteiger partial charge in [0.25, 0.3) is 6.48 Å². The van der Waals surface area contributed by atoms with Gasteiger partial charge in [-0.25, -0.2) is 0 Å². The van der Waals surface area contributed by atoms with E-state index in [1.54, 1.807) is 0 Å². The van der Waals surface area contributed by atoms with Gasteiger partial charge in [0, 0.05) is 20.0 Å². The van der Waals surface area contributed by atoms with Gasteiger partial charge in [-0.3, -0.25) is 0 Å². The van der Waals surface area contributed by atoms with Gasteiger partial charge in [-0.1, -0.05) is 0 Å². The first-order valence-electron chi connectivity index (χ1n) is 8.35. The zero-order valence-corrected chi connectivity index (χ0v) is 16.2. The fourth-order valence-electron chi connectivity index (χ4n) is 2.54. The van der Waals surface area contributed by atoms with Gasteiger partial charge in [-0.2, -0.15) is 79.0 Å². The Morgan fingerprint density at radius 3 is 0.943 bits per heavy atom. The summed E-state index contributed by atoms with van der Waals surface area (Å²) in [7, 11) is 0.471. The maximum atomic E-state index is 13.8. The summed E-state index contributed by atoms with van der Waals surface area (Å²) in [6.07, 6.45) is -27.4. The van der Waals surface area contributed by atoms with E-state index in [0.29, 0.717) is 7.11 Å². The van der Waals surface area contributed by atoms with Gasteiger partial charge in [0.2, 0.25) is 0 Å². The van der Waals surface area contributed by atoms with Gasteiger partial charge in [0.1, 0.15) is 0 Å². The van der Waals surface area contributed by atoms with Crippen LogP contribution in [0, 0.1) is 0 Å². The molecule has 0 bridgehead atoms. The molecule has 1 rings (SSSR count). The number of hydrogen-bond acceptors (Lipinski definition) is 3. The summed E-state index contributed by atoms with van der Waals surface area (Å²) >= 11 is 0. The van der Waals surface area contributed by atoms with Crippen LogP contribution in [0.3, 0.4) is 0 Å². The van der Waals surface area contributed by atoms with Crippen molar-refractivity contribution in [3.8, 4) is 0 Å². The Morgan fingerprint density at radius 1 is 0.486 bits per heavy atom. The highest BCUT2D eigenvalue weighted by Gasteiger charge is 2.83. The fourth-order valence-corrected chi connectivity index (χ4v) is 2.54. The molecule has 0 spiro atoms. The lowest BCUT2D eigenvalue weighted by atomic mass is 9.92. The Kier molecular flexibility index (Phi) is 8.03. The summed E-state index contributed by atoms with van der Waals surface area (Å²) in [6, 6.07) is 0. The lowest BCUT2D eigenvalue weighted by Crippen LogP contribution is -2.62. The molecule has 0 N–H and O–H groups in total. The standard InChI is InChI=1S/C14H10F18O3/c1-33-6-34-4(2-7(15,16)9(19,20)11(23,24)13(27,28)29)5(35-6)3-8(17,18)10(21,22)12(25,26)14(30,31)32/h4-6H,2-3H2,1H3. The van der Waals surface area contributed by atoms with Crippen molar-refractivity contribution in [2.75, 3.05) is 7.11 Å². The minimum absolute atomic E-state index is 0.471. The Hall–Kier alpha value is -1.38. The molecule has 1 aliphatic rings. The minimum Gasteiger partial charge on any atom is -0.333 e. The first-order chi connectivity index (χ1) is 15.1. The van der Waals surface area contributed by atoms with E-state index in [2.05, 4.69) is 14.2 Å². The summed E-state index contributed by atoms with van der Waals surface area (Å²) in [5, 5.41) is 0. The van der Waals surface area contributed by atoms with Crippen LogP contribution in [-0.2, 0) is 14.2 Å². The Labute approximate surface area is 181 Å². The van der Waals surface area contributed by atoms with Gasteiger partial charge >= 0.3 is 47.9 Å². The first kappa shape index (κ1) is 31.6. The normalized spacial score (nSPS) is 24.3. The Bertz CT molecular complexity index is 682. The Morgan fingerprint density at radius 2 is 0.743 bits per heavy atom. The van der Waals surface area contributed by atoms with E-state index in [9.17, 15) is 79.0 Å². The third kappa shape index (κ3) is 5.21. The molecular weight excluding hydrogens is 558 g/mol. The third-order valence-electron chi connectivity index (χ3n) is 4.51. The van der Waals surface area contributed by atoms with Gasteiger partial charge in [0.15, 0.2) is 0 Å². The van der Waals surface area contributed by atoms with Crippen molar-refractivity contribution in [3.05, 3.63) is 0 Å². The molecule has 0 aromatic carbocycles. The van der Waals surface area contributed by atoms with Crippen LogP contribution in [0.25, 0.3) is 0 Å². The van der Waals surface area contributed by atoms with E-state index in [1.807, 2.05) is 0 Å². The van der Waals surface area contributed by atoms with E-state index >= 15 is 0 Å². The van der Waals surface area contributed by atoms with Crippen molar-refractivity contribution >= 4 is 0 Å². The van der Waals surface area contributed by atoms with Gasteiger partial charge in [0.05, 0.1) is 12.2 Å². The summed E-state index contributed by atoms with van der Waals surface area (Å²) in [6.45, 7) is -2.56. The summed E-state index contributed by atoms with van der Waals surface area (Å²) in [5.74, 6) is -42.6. The molecule has 0 amide bonds. The number of hydrogen-bond donors (Lipinski definition) is 0. The van der Waals surface area contributed by atoms with Crippen molar-refractivity contribution in [1.29, 1.82) is 0 Å². The van der Waals surface area contributed by atoms with Gasteiger partial charge in [-0.05, 0) is 0 Å². The fraction of sp³-hybridized carbons (Fsp3) is 1.00. The average Bonchev–Trinajstić information content (AvgIpc) is 2.99. The maximum absolute atomic E-state index is 13.8. The van der Waals surface area contributed by atoms with Crippen molar-refractivity contribution in [2.24, 2.45) is 0 Å². The van der Waals surface area contributed by atoms with Crippen LogP contribution in [0.4, 0.5) is 79.0 Å². The molecule has 35 heavy (non-hydrogen) atoms. The molecule has 0 aliphatic carbocycles. The molecule has 0 radical (unpaired) electrons. The second-order valence-corrected chi connectivity index (χ2v) is 6.98. The lowest BCUT2D eigenvalue weighted by molar-refractivity contribution is -0.400. The second-order valence-electron chi connectivity index (χ2n) is 6.98. The molecule has 21 heteroatoms. The van der Waals surface area contributed by atoms with Crippen molar-refractivity contribution in [2.45, 2.75) is 79.4 Å². The lowest BCUT2D eigenvalue weighted by Gasteiger charge is -2.36. The van der Waals surface area contributed by atoms with E-state index in [4.69, 9.17) is 0 Å². The molecule has 3 nitrogen and oxygen atoms in total. The molecule has 1 aliphatic heterocycles. The van der Waals surface area contributed by atoms with Crippen molar-refractivity contribution in [3.63, 3.8) is 0 Å². The van der Waals surface area contributed by atoms with Crippen LogP contribution in [0.2, 0.25) is 0 Å². The first-order valence-corrected chi connectivity index (χ1v) is 8.35. The molecule has 1 fully saturated rings. The second kappa shape index (κ2) is 8.88. The number of rotatable bonds is 9. The molecular formula is C14H10F18O3. The number of alkyl halides is 18. The van der Waals surface area contributed by atoms with Gasteiger partial charge < -0.3 is 14.2 Å². The van der Waals surface area contributed by atoms with Crippen LogP contribution in [0.15, 0.2) is 0 Å². The maximum Gasteiger partial charge on any atom is 0.460 e. The summed E-state index contributed by atoms with van der Waals surface area (Å²) in [5.41, 5.74) is 0. The molecule has 0 saturated carbocycles. The zero-order chi connectivity index (χ0) is 28.3. The van der Waals surface area contributed by atoms with Crippen LogP contribution in [-0.4, -0.2) is 73.7 Å². The third-order valence-corrected chi connectivity index (χ3v) is 4.51. The molecule has 2 unspecified atom stereocenters. The summed E-state index contributed by atoms with van der Waals surface area (Å²) < 4.78 is 246. The SMILES string of the molecule is COC1OC(CC(F)(F)C(F)(F)C(F)(F)C(F)(F)F)C(CC(F)(F)C(F)(F)C(F)(F)C(F)(F)F)O1. The number of ether oxygens (including phenoxy) is 3. The minimum atomic E-state index is -7.45. The highest BCUT2D eigenvalue weighted by atomic mass is 19.4. The number of methoxy groups -OCH3 is 1. The predicted octanol–water partition coefficient (Wildman–Crippen LogP) is 6.42. The topological polar surface area (TPSA) is 27.7 Å². The Balaban J connectivity index is 3.33. The van der Waals surface area contributed by atoms with Crippen LogP contribution < -0.4 is 0 Å². The van der Waals surface area contributed by atoms with E-state index in [1.165, 1.54) is 0 Å². The van der Waals surface area contributed by atoms with E-state index in [-0.39, 0.29) is 0 Å². The van der Waals surface area contributed by atoms with Crippen molar-refractivity contribution < 1.29 is 93.2 Å². The predicted molar refractivity (Wildman–Crippen MR) is 71.6 cm³/mol. The van der Waals surface area contributed by atoms with E-state index in [0.717, 1.165) is 0 Å². The number of halogens is 18. The molecule has 1 heterocycles. The molecule has 2 atom stereocenters. The van der Waals surface area contributed by atoms with Crippen LogP contribution in [0.5, 0.6) is 0 Å². The largest absolute Gasteiger partial charge is 0.460 e. The van der Waals surface area contributed by atoms with Crippen LogP contribution in [0.1, 0.15) is 12.8 Å². The average molecular weight is 568 g/mol. The molecule has 0 aromatic heterocycles. The molecule has 1 saturated heterocycles. The summed E-state index contributed by atoms with van der Waals surface area (Å²) in [4.78, 5) is 0. The highest BCUT2D eigenvalue weighted by Crippen LogP contribution is 2.57.